The van der Waals surface area contributed by atoms with Crippen LogP contribution in [0.2, 0.25) is 10.0 Å². The Kier molecular flexibility index (Phi) is 10.4. The lowest BCUT2D eigenvalue weighted by Crippen LogP contribution is -2.51. The normalized spacial score (nSPS) is 24.4. The summed E-state index contributed by atoms with van der Waals surface area (Å²) in [5.41, 5.74) is -1.66. The van der Waals surface area contributed by atoms with Gasteiger partial charge in [-0.1, -0.05) is 37.0 Å². The number of pyridine rings is 1. The summed E-state index contributed by atoms with van der Waals surface area (Å²) in [4.78, 5) is 48.2. The van der Waals surface area contributed by atoms with Crippen LogP contribution in [0.25, 0.3) is 0 Å². The first-order chi connectivity index (χ1) is 18.7. The smallest absolute Gasteiger partial charge is 0.309 e. The van der Waals surface area contributed by atoms with Crippen LogP contribution in [0.5, 0.6) is 0 Å². The molecule has 0 saturated heterocycles. The highest BCUT2D eigenvalue weighted by Crippen LogP contribution is 2.39. The highest BCUT2D eigenvalue weighted by molar-refractivity contribution is 6.39. The minimum Gasteiger partial charge on any atom is -0.481 e. The summed E-state index contributed by atoms with van der Waals surface area (Å²) in [6.45, 7) is 5.39. The van der Waals surface area contributed by atoms with Crippen LogP contribution in [0, 0.1) is 22.2 Å². The number of nitrogens with one attached hydrogen (secondary N) is 1. The van der Waals surface area contributed by atoms with E-state index in [4.69, 9.17) is 28.6 Å². The van der Waals surface area contributed by atoms with Crippen molar-refractivity contribution in [2.24, 2.45) is 21.7 Å². The van der Waals surface area contributed by atoms with E-state index in [0.717, 1.165) is 12.8 Å². The van der Waals surface area contributed by atoms with E-state index in [1.165, 1.54) is 17.3 Å². The van der Waals surface area contributed by atoms with Crippen molar-refractivity contribution < 1.29 is 28.3 Å². The van der Waals surface area contributed by atoms with Gasteiger partial charge >= 0.3 is 5.97 Å². The molecule has 1 atom stereocenters. The highest BCUT2D eigenvalue weighted by Gasteiger charge is 2.41. The van der Waals surface area contributed by atoms with Crippen LogP contribution in [0.1, 0.15) is 82.5 Å². The monoisotopic (exact) mass is 600 g/mol. The van der Waals surface area contributed by atoms with Gasteiger partial charge in [-0.2, -0.15) is 0 Å². The van der Waals surface area contributed by atoms with Crippen molar-refractivity contribution in [3.8, 4) is 0 Å². The Hall–Kier alpha value is -2.46. The molecule has 2 aliphatic carbocycles. The summed E-state index contributed by atoms with van der Waals surface area (Å²) in [7, 11) is 0. The Labute approximate surface area is 243 Å². The van der Waals surface area contributed by atoms with Gasteiger partial charge in [-0.3, -0.25) is 24.4 Å². The molecule has 2 aliphatic rings. The summed E-state index contributed by atoms with van der Waals surface area (Å²) in [6, 6.07) is -0.997. The molecule has 12 heteroatoms. The molecule has 8 nitrogen and oxygen atoms in total. The second kappa shape index (κ2) is 13.0. The Bertz CT molecular complexity index is 1140. The summed E-state index contributed by atoms with van der Waals surface area (Å²) in [5.74, 6) is -3.98. The molecule has 0 aliphatic heterocycles. The number of halogens is 4. The molecule has 40 heavy (non-hydrogen) atoms. The molecular weight excluding hydrogens is 565 g/mol. The van der Waals surface area contributed by atoms with Crippen molar-refractivity contribution in [1.82, 2.24) is 9.88 Å². The number of aliphatic imine (C=N–C) groups is 1. The molecule has 1 amide bonds. The van der Waals surface area contributed by atoms with Crippen LogP contribution < -0.4 is 0 Å². The number of aliphatic carboxylic acids is 1. The number of Topliss-reactive ketones (excluding diaryl/α,β-unsaturated/α-hetero) is 1. The van der Waals surface area contributed by atoms with Crippen LogP contribution in [0.15, 0.2) is 17.4 Å². The van der Waals surface area contributed by atoms with Gasteiger partial charge in [0.2, 0.25) is 5.91 Å². The molecule has 220 valence electrons. The lowest BCUT2D eigenvalue weighted by molar-refractivity contribution is -0.149. The summed E-state index contributed by atoms with van der Waals surface area (Å²) in [6.07, 6.45) is 3.79. The maximum Gasteiger partial charge on any atom is 0.309 e. The SMILES string of the molecule is CC1(C)CCC(N(CC(=O)c2c(Cl)cncc2Cl)C(=O)C(C=N)C(=NC2CCC(C)(C(=O)O)CC2)C(F)F)CC1. The van der Waals surface area contributed by atoms with Crippen LogP contribution in [0.3, 0.4) is 0 Å². The topological polar surface area (TPSA) is 124 Å². The third kappa shape index (κ3) is 7.43. The van der Waals surface area contributed by atoms with E-state index in [-0.39, 0.29) is 46.7 Å². The molecule has 3 rings (SSSR count). The second-order valence-electron chi connectivity index (χ2n) is 11.9. The Morgan fingerprint density at radius 1 is 1.10 bits per heavy atom. The number of amides is 1. The molecule has 0 aromatic carbocycles. The quantitative estimate of drug-likeness (QED) is 0.238. The Morgan fingerprint density at radius 3 is 2.12 bits per heavy atom. The number of alkyl halides is 2. The van der Waals surface area contributed by atoms with E-state index < -0.39 is 59.8 Å². The van der Waals surface area contributed by atoms with Gasteiger partial charge in [-0.15, -0.1) is 0 Å². The number of ketones is 1. The lowest BCUT2D eigenvalue weighted by atomic mass is 9.74. The number of hydrogen-bond donors (Lipinski definition) is 2. The number of carbonyl (C=O) groups excluding carboxylic acids is 2. The Morgan fingerprint density at radius 2 is 1.65 bits per heavy atom. The van der Waals surface area contributed by atoms with Crippen molar-refractivity contribution in [2.45, 2.75) is 90.6 Å². The first-order valence-corrected chi connectivity index (χ1v) is 14.2. The first kappa shape index (κ1) is 32.1. The molecular formula is C28H36Cl2F2N4O4. The molecule has 2 saturated carbocycles. The van der Waals surface area contributed by atoms with Crippen LogP contribution >= 0.6 is 23.2 Å². The first-order valence-electron chi connectivity index (χ1n) is 13.4. The molecule has 1 aromatic heterocycles. The number of carbonyl (C=O) groups is 3. The zero-order valence-corrected chi connectivity index (χ0v) is 24.4. The minimum absolute atomic E-state index is 0.00916. The third-order valence-electron chi connectivity index (χ3n) is 8.36. The summed E-state index contributed by atoms with van der Waals surface area (Å²) >= 11 is 12.4. The van der Waals surface area contributed by atoms with Crippen molar-refractivity contribution >= 4 is 52.8 Å². The number of rotatable bonds is 10. The van der Waals surface area contributed by atoms with Crippen LogP contribution in [-0.4, -0.2) is 69.6 Å². The van der Waals surface area contributed by atoms with Crippen molar-refractivity contribution in [2.75, 3.05) is 6.54 Å². The number of aromatic nitrogens is 1. The molecule has 0 radical (unpaired) electrons. The minimum atomic E-state index is -3.12. The molecule has 2 fully saturated rings. The number of hydrogen-bond acceptors (Lipinski definition) is 6. The zero-order valence-electron chi connectivity index (χ0n) is 22.9. The van der Waals surface area contributed by atoms with Gasteiger partial charge in [-0.25, -0.2) is 8.78 Å². The second-order valence-corrected chi connectivity index (χ2v) is 12.7. The van der Waals surface area contributed by atoms with E-state index >= 15 is 0 Å². The fraction of sp³-hybridized carbons (Fsp3) is 0.643. The van der Waals surface area contributed by atoms with Crippen molar-refractivity contribution in [1.29, 1.82) is 5.41 Å². The van der Waals surface area contributed by atoms with Gasteiger partial charge in [0.05, 0.1) is 39.3 Å². The van der Waals surface area contributed by atoms with Crippen molar-refractivity contribution in [3.63, 3.8) is 0 Å². The molecule has 1 aromatic rings. The number of nitrogens with zero attached hydrogens (tertiary/aromatic N) is 3. The molecule has 0 bridgehead atoms. The zero-order chi connectivity index (χ0) is 29.8. The van der Waals surface area contributed by atoms with Gasteiger partial charge in [0.15, 0.2) is 5.78 Å². The van der Waals surface area contributed by atoms with E-state index in [9.17, 15) is 28.3 Å². The lowest BCUT2D eigenvalue weighted by Gasteiger charge is -2.41. The van der Waals surface area contributed by atoms with Crippen molar-refractivity contribution in [3.05, 3.63) is 28.0 Å². The van der Waals surface area contributed by atoms with Crippen LogP contribution in [0.4, 0.5) is 8.78 Å². The van der Waals surface area contributed by atoms with E-state index in [1.54, 1.807) is 6.92 Å². The predicted molar refractivity (Wildman–Crippen MR) is 150 cm³/mol. The standard InChI is InChI=1S/C28H36Cl2F2N4O4/c1-27(2)8-6-17(7-9-27)36(15-21(37)22-19(29)13-34-14-20(22)30)25(38)18(12-33)23(24(31)32)35-16-4-10-28(3,11-5-16)26(39)40/h12-14,16-18,24,33H,4-11,15H2,1-3H3,(H,39,40). The maximum atomic E-state index is 14.4. The summed E-state index contributed by atoms with van der Waals surface area (Å²) in [5, 5.41) is 17.4. The fourth-order valence-corrected chi connectivity index (χ4v) is 6.10. The molecule has 2 N–H and O–H groups in total. The maximum absolute atomic E-state index is 14.4. The largest absolute Gasteiger partial charge is 0.481 e. The summed E-state index contributed by atoms with van der Waals surface area (Å²) < 4.78 is 28.7. The third-order valence-corrected chi connectivity index (χ3v) is 8.93. The van der Waals surface area contributed by atoms with E-state index in [0.29, 0.717) is 19.1 Å². The molecule has 0 spiro atoms. The van der Waals surface area contributed by atoms with Gasteiger partial charge < -0.3 is 15.4 Å². The Balaban J connectivity index is 1.92. The number of carboxylic acids is 1. The molecule has 1 unspecified atom stereocenters. The van der Waals surface area contributed by atoms with E-state index in [2.05, 4.69) is 23.8 Å². The average Bonchev–Trinajstić information content (AvgIpc) is 2.88. The highest BCUT2D eigenvalue weighted by atomic mass is 35.5. The number of carboxylic acid groups (broad SMARTS) is 1. The van der Waals surface area contributed by atoms with Crippen LogP contribution in [-0.2, 0) is 9.59 Å². The van der Waals surface area contributed by atoms with E-state index in [1.807, 2.05) is 0 Å². The van der Waals surface area contributed by atoms with Gasteiger partial charge in [-0.05, 0) is 63.7 Å². The average molecular weight is 602 g/mol. The van der Waals surface area contributed by atoms with Gasteiger partial charge in [0, 0.05) is 24.7 Å². The predicted octanol–water partition coefficient (Wildman–Crippen LogP) is 6.37. The van der Waals surface area contributed by atoms with Gasteiger partial charge in [0.25, 0.3) is 6.43 Å². The van der Waals surface area contributed by atoms with Gasteiger partial charge in [0.1, 0.15) is 5.92 Å². The molecule has 1 heterocycles. The fourth-order valence-electron chi connectivity index (χ4n) is 5.52.